The summed E-state index contributed by atoms with van der Waals surface area (Å²) in [6.07, 6.45) is 2.78. The highest BCUT2D eigenvalue weighted by molar-refractivity contribution is 5.87. The highest BCUT2D eigenvalue weighted by Crippen LogP contribution is 1.96. The summed E-state index contributed by atoms with van der Waals surface area (Å²) in [4.78, 5) is 23.1. The second-order valence-corrected chi connectivity index (χ2v) is 8.88. The third-order valence-corrected chi connectivity index (χ3v) is 4.18. The molecule has 2 rings (SSSR count). The smallest absolute Gasteiger partial charge is 0.242 e. The van der Waals surface area contributed by atoms with E-state index < -0.39 is 0 Å². The molecule has 0 saturated heterocycles. The lowest BCUT2D eigenvalue weighted by atomic mass is 10.1. The number of amides is 1. The molecule has 2 aromatic rings. The zero-order valence-corrected chi connectivity index (χ0v) is 21.2. The lowest BCUT2D eigenvalue weighted by Gasteiger charge is -2.08. The lowest BCUT2D eigenvalue weighted by Crippen LogP contribution is -2.34. The Kier molecular flexibility index (Phi) is 15.7. The normalized spacial score (nSPS) is 11.2. The van der Waals surface area contributed by atoms with Gasteiger partial charge in [-0.3, -0.25) is 9.59 Å². The van der Waals surface area contributed by atoms with Crippen LogP contribution in [0, 0.1) is 18.8 Å². The van der Waals surface area contributed by atoms with Crippen LogP contribution < -0.4 is 10.6 Å². The molecule has 0 aliphatic rings. The molecule has 1 aromatic heterocycles. The van der Waals surface area contributed by atoms with Gasteiger partial charge >= 0.3 is 0 Å². The van der Waals surface area contributed by atoms with E-state index in [0.717, 1.165) is 18.0 Å². The number of nitrogens with one attached hydrogen (secondary N) is 2. The average Bonchev–Trinajstić information content (AvgIpc) is 3.18. The number of aromatic nitrogens is 3. The Hall–Kier alpha value is -2.54. The third kappa shape index (κ3) is 16.2. The summed E-state index contributed by atoms with van der Waals surface area (Å²) >= 11 is 0. The number of rotatable bonds is 9. The number of carbonyl (C=O) groups is 2. The van der Waals surface area contributed by atoms with Crippen molar-refractivity contribution in [3.8, 4) is 0 Å². The van der Waals surface area contributed by atoms with Crippen LogP contribution in [0.4, 0.5) is 0 Å². The number of ketones is 1. The largest absolute Gasteiger partial charge is 0.347 e. The van der Waals surface area contributed by atoms with Gasteiger partial charge in [0.15, 0.2) is 5.78 Å². The Balaban J connectivity index is -0.000000612. The minimum Gasteiger partial charge on any atom is -0.347 e. The van der Waals surface area contributed by atoms with E-state index >= 15 is 0 Å². The molecule has 32 heavy (non-hydrogen) atoms. The summed E-state index contributed by atoms with van der Waals surface area (Å²) in [5.74, 6) is 0.533. The van der Waals surface area contributed by atoms with Gasteiger partial charge in [0.2, 0.25) is 5.91 Å². The Bertz CT molecular complexity index is 765. The van der Waals surface area contributed by atoms with E-state index in [0.29, 0.717) is 12.6 Å². The number of hydrogen-bond acceptors (Lipinski definition) is 5. The first-order chi connectivity index (χ1) is 15.0. The molecule has 1 unspecified atom stereocenters. The number of carbonyl (C=O) groups excluding carboxylic acids is 2. The molecule has 1 heterocycles. The van der Waals surface area contributed by atoms with Gasteiger partial charge in [0.25, 0.3) is 0 Å². The number of Topliss-reactive ketones (excluding diaryl/α,β-unsaturated/α-hetero) is 1. The molecule has 1 amide bonds. The first kappa shape index (κ1) is 29.5. The van der Waals surface area contributed by atoms with Crippen molar-refractivity contribution in [3.63, 3.8) is 0 Å². The zero-order valence-electron chi connectivity index (χ0n) is 21.2. The minimum atomic E-state index is -0.240. The summed E-state index contributed by atoms with van der Waals surface area (Å²) < 4.78 is 1.48. The zero-order chi connectivity index (χ0) is 24.5. The minimum absolute atomic E-state index is 0. The van der Waals surface area contributed by atoms with Crippen LogP contribution in [0.25, 0.3) is 0 Å². The van der Waals surface area contributed by atoms with Crippen molar-refractivity contribution in [2.75, 3.05) is 6.54 Å². The Labute approximate surface area is 197 Å². The van der Waals surface area contributed by atoms with E-state index in [4.69, 9.17) is 0 Å². The molecular weight excluding hydrogens is 402 g/mol. The second-order valence-electron chi connectivity index (χ2n) is 8.88. The van der Waals surface area contributed by atoms with Crippen LogP contribution in [0.2, 0.25) is 0 Å². The van der Waals surface area contributed by atoms with Crippen LogP contribution in [0.5, 0.6) is 0 Å². The molecule has 2 N–H and O–H groups in total. The highest BCUT2D eigenvalue weighted by Gasteiger charge is 2.10. The molecule has 0 aliphatic carbocycles. The fraction of sp³-hybridized carbons (Fsp3) is 0.600. The summed E-state index contributed by atoms with van der Waals surface area (Å²) in [5.41, 5.74) is 2.11. The van der Waals surface area contributed by atoms with E-state index in [2.05, 4.69) is 74.6 Å². The summed E-state index contributed by atoms with van der Waals surface area (Å²) in [5, 5.41) is 13.8. The fourth-order valence-electron chi connectivity index (χ4n) is 2.05. The van der Waals surface area contributed by atoms with Crippen molar-refractivity contribution in [1.82, 2.24) is 25.6 Å². The SMILES string of the molecule is CC(C)C.CCC(C)NCc1cn(CC(=O)NCC(=O)C(C)C)nn1.Cc1ccccc1.[HH].[HH]. The number of hydrogen-bond donors (Lipinski definition) is 2. The van der Waals surface area contributed by atoms with Gasteiger partial charge in [-0.15, -0.1) is 5.10 Å². The van der Waals surface area contributed by atoms with Gasteiger partial charge in [0, 0.05) is 21.4 Å². The van der Waals surface area contributed by atoms with Gasteiger partial charge in [0.05, 0.1) is 18.4 Å². The fourth-order valence-corrected chi connectivity index (χ4v) is 2.05. The van der Waals surface area contributed by atoms with Crippen LogP contribution in [0.3, 0.4) is 0 Å². The number of nitrogens with zero attached hydrogens (tertiary/aromatic N) is 3. The molecule has 0 radical (unpaired) electrons. The van der Waals surface area contributed by atoms with Crippen LogP contribution in [-0.4, -0.2) is 39.3 Å². The Morgan fingerprint density at radius 2 is 1.66 bits per heavy atom. The molecule has 0 fully saturated rings. The van der Waals surface area contributed by atoms with Crippen molar-refractivity contribution in [1.29, 1.82) is 0 Å². The summed E-state index contributed by atoms with van der Waals surface area (Å²) in [6, 6.07) is 10.7. The van der Waals surface area contributed by atoms with Gasteiger partial charge in [0.1, 0.15) is 6.54 Å². The first-order valence-corrected chi connectivity index (χ1v) is 11.5. The van der Waals surface area contributed by atoms with Crippen molar-refractivity contribution in [2.24, 2.45) is 11.8 Å². The monoisotopic (exact) mass is 449 g/mol. The maximum atomic E-state index is 11.7. The maximum Gasteiger partial charge on any atom is 0.242 e. The molecule has 1 atom stereocenters. The predicted octanol–water partition coefficient (Wildman–Crippen LogP) is 4.66. The molecule has 0 bridgehead atoms. The summed E-state index contributed by atoms with van der Waals surface area (Å²) in [6.45, 7) is 17.2. The van der Waals surface area contributed by atoms with Crippen molar-refractivity contribution in [2.45, 2.75) is 80.9 Å². The third-order valence-electron chi connectivity index (χ3n) is 4.18. The van der Waals surface area contributed by atoms with Crippen molar-refractivity contribution >= 4 is 11.7 Å². The quantitative estimate of drug-likeness (QED) is 0.581. The standard InChI is InChI=1S/C14H25N5O2.C7H8.C4H10.2H2/c1-5-11(4)15-6-12-8-19(18-17-12)9-14(21)16-7-13(20)10(2)3;1-7-5-3-2-4-6-7;1-4(2)3;;/h8,10-11,15H,5-7,9H2,1-4H3,(H,16,21);2-6H,1H3;4H,1-3H3;2*1H. The van der Waals surface area contributed by atoms with E-state index in [-0.39, 0.29) is 33.6 Å². The molecule has 184 valence electrons. The van der Waals surface area contributed by atoms with E-state index in [1.54, 1.807) is 6.20 Å². The topological polar surface area (TPSA) is 88.9 Å². The molecular formula is C25H47N5O2. The maximum absolute atomic E-state index is 11.7. The summed E-state index contributed by atoms with van der Waals surface area (Å²) in [7, 11) is 0. The van der Waals surface area contributed by atoms with Gasteiger partial charge in [-0.05, 0) is 26.2 Å². The predicted molar refractivity (Wildman–Crippen MR) is 135 cm³/mol. The molecule has 0 saturated carbocycles. The average molecular weight is 450 g/mol. The van der Waals surface area contributed by atoms with E-state index in [1.807, 2.05) is 32.0 Å². The first-order valence-electron chi connectivity index (χ1n) is 11.5. The van der Waals surface area contributed by atoms with Crippen molar-refractivity contribution in [3.05, 3.63) is 47.8 Å². The van der Waals surface area contributed by atoms with Crippen molar-refractivity contribution < 1.29 is 12.4 Å². The number of benzene rings is 1. The van der Waals surface area contributed by atoms with Gasteiger partial charge < -0.3 is 10.6 Å². The van der Waals surface area contributed by atoms with Crippen LogP contribution in [-0.2, 0) is 22.7 Å². The van der Waals surface area contributed by atoms with Gasteiger partial charge in [-0.1, -0.05) is 82.7 Å². The molecule has 7 heteroatoms. The van der Waals surface area contributed by atoms with Crippen LogP contribution in [0.1, 0.15) is 69.0 Å². The highest BCUT2D eigenvalue weighted by atomic mass is 16.2. The molecule has 1 aromatic carbocycles. The molecule has 0 spiro atoms. The van der Waals surface area contributed by atoms with Gasteiger partial charge in [-0.25, -0.2) is 4.68 Å². The van der Waals surface area contributed by atoms with Crippen LogP contribution in [0.15, 0.2) is 36.5 Å². The number of aryl methyl sites for hydroxylation is 1. The van der Waals surface area contributed by atoms with E-state index in [1.165, 1.54) is 10.2 Å². The Morgan fingerprint density at radius 3 is 2.12 bits per heavy atom. The van der Waals surface area contributed by atoms with E-state index in [9.17, 15) is 9.59 Å². The second kappa shape index (κ2) is 17.1. The Morgan fingerprint density at radius 1 is 1.06 bits per heavy atom. The lowest BCUT2D eigenvalue weighted by molar-refractivity contribution is -0.126. The molecule has 7 nitrogen and oxygen atoms in total. The van der Waals surface area contributed by atoms with Crippen LogP contribution >= 0.6 is 0 Å². The van der Waals surface area contributed by atoms with Gasteiger partial charge in [-0.2, -0.15) is 0 Å². The molecule has 0 aliphatic heterocycles.